The number of hydrogen-bond acceptors (Lipinski definition) is 4. The number of rotatable bonds is 4. The third-order valence-electron chi connectivity index (χ3n) is 4.33. The van der Waals surface area contributed by atoms with Crippen LogP contribution in [0.1, 0.15) is 19.5 Å². The first kappa shape index (κ1) is 18.6. The van der Waals surface area contributed by atoms with Crippen LogP contribution < -0.4 is 10.1 Å². The minimum absolute atomic E-state index is 0. The van der Waals surface area contributed by atoms with Crippen molar-refractivity contribution in [3.63, 3.8) is 0 Å². The van der Waals surface area contributed by atoms with E-state index in [9.17, 15) is 18.4 Å². The molecule has 1 aliphatic heterocycles. The first-order chi connectivity index (χ1) is 12.9. The highest BCUT2D eigenvalue weighted by atomic mass is 19.1. The van der Waals surface area contributed by atoms with Crippen LogP contribution in [0.15, 0.2) is 42.3 Å². The van der Waals surface area contributed by atoms with Crippen molar-refractivity contribution >= 4 is 12.0 Å². The minimum Gasteiger partial charge on any atom is -0.410 e. The maximum Gasteiger partial charge on any atom is 0.416 e. The Morgan fingerprint density at radius 1 is 1.52 bits per heavy atom. The molecule has 0 aromatic heterocycles. The molecule has 0 saturated carbocycles. The molecular formula is C19H18F2N3O3. The molecule has 1 heterocycles. The van der Waals surface area contributed by atoms with Crippen molar-refractivity contribution in [2.75, 3.05) is 6.54 Å². The number of carbonyl (C=O) groups is 2. The number of halogens is 2. The average molecular weight is 374 g/mol. The van der Waals surface area contributed by atoms with Gasteiger partial charge in [-0.3, -0.25) is 9.69 Å². The fourth-order valence-corrected chi connectivity index (χ4v) is 2.95. The third kappa shape index (κ3) is 4.14. The number of nitrogens with one attached hydrogen (secondary N) is 1. The summed E-state index contributed by atoms with van der Waals surface area (Å²) in [6.45, 7) is 1.41. The average Bonchev–Trinajstić information content (AvgIpc) is 2.61. The fraction of sp³-hybridized carbons (Fsp3) is 0.263. The second-order valence-electron chi connectivity index (χ2n) is 6.31. The van der Waals surface area contributed by atoms with Gasteiger partial charge in [0.15, 0.2) is 6.17 Å². The van der Waals surface area contributed by atoms with Crippen molar-refractivity contribution in [1.29, 1.82) is 5.26 Å². The van der Waals surface area contributed by atoms with Crippen LogP contribution in [0.5, 0.6) is 5.75 Å². The number of hydrogen-bond donors (Lipinski definition) is 1. The number of allylic oxidation sites excluding steroid dienone is 2. The maximum absolute atomic E-state index is 13.8. The minimum atomic E-state index is -0.777. The number of benzene rings is 1. The monoisotopic (exact) mass is 374 g/mol. The fourth-order valence-electron chi connectivity index (χ4n) is 2.95. The highest BCUT2D eigenvalue weighted by molar-refractivity contribution is 5.84. The van der Waals surface area contributed by atoms with Crippen molar-refractivity contribution in [3.8, 4) is 11.8 Å². The third-order valence-corrected chi connectivity index (χ3v) is 4.33. The van der Waals surface area contributed by atoms with Gasteiger partial charge in [-0.15, -0.1) is 0 Å². The van der Waals surface area contributed by atoms with Crippen LogP contribution in [0, 0.1) is 23.4 Å². The van der Waals surface area contributed by atoms with Gasteiger partial charge in [0.1, 0.15) is 18.1 Å². The molecule has 8 heteroatoms. The summed E-state index contributed by atoms with van der Waals surface area (Å²) in [5.74, 6) is -1.61. The Morgan fingerprint density at radius 3 is 3.00 bits per heavy atom. The Morgan fingerprint density at radius 2 is 2.30 bits per heavy atom. The lowest BCUT2D eigenvalue weighted by Gasteiger charge is -2.29. The van der Waals surface area contributed by atoms with Crippen LogP contribution in [0.4, 0.5) is 13.6 Å². The summed E-state index contributed by atoms with van der Waals surface area (Å²) in [5, 5.41) is 11.6. The molecule has 1 radical (unpaired) electrons. The molecule has 0 spiro atoms. The molecule has 0 saturated heterocycles. The number of nitriles is 1. The van der Waals surface area contributed by atoms with E-state index in [0.717, 1.165) is 12.2 Å². The summed E-state index contributed by atoms with van der Waals surface area (Å²) in [6, 6.07) is 6.03. The molecule has 2 aliphatic rings. The van der Waals surface area contributed by atoms with Crippen molar-refractivity contribution in [1.82, 2.24) is 10.2 Å². The molecule has 1 aromatic rings. The van der Waals surface area contributed by atoms with Crippen molar-refractivity contribution in [2.24, 2.45) is 5.92 Å². The summed E-state index contributed by atoms with van der Waals surface area (Å²) in [4.78, 5) is 25.5. The summed E-state index contributed by atoms with van der Waals surface area (Å²) in [7, 11) is 0. The molecule has 1 unspecified atom stereocenters. The Bertz CT molecular complexity index is 882. The zero-order chi connectivity index (χ0) is 19.6. The molecule has 0 fully saturated rings. The van der Waals surface area contributed by atoms with Crippen LogP contribution in [0.3, 0.4) is 0 Å². The first-order valence-electron chi connectivity index (χ1n) is 8.24. The zero-order valence-electron chi connectivity index (χ0n) is 14.4. The second-order valence-corrected chi connectivity index (χ2v) is 6.31. The molecule has 1 aromatic carbocycles. The van der Waals surface area contributed by atoms with E-state index < -0.39 is 36.0 Å². The number of amides is 2. The highest BCUT2D eigenvalue weighted by Crippen LogP contribution is 2.28. The highest BCUT2D eigenvalue weighted by Gasteiger charge is 2.29. The molecule has 6 nitrogen and oxygen atoms in total. The van der Waals surface area contributed by atoms with Gasteiger partial charge in [-0.1, -0.05) is 6.08 Å². The van der Waals surface area contributed by atoms with E-state index in [2.05, 4.69) is 5.32 Å². The Labute approximate surface area is 156 Å². The van der Waals surface area contributed by atoms with Crippen molar-refractivity contribution < 1.29 is 24.5 Å². The second kappa shape index (κ2) is 7.58. The summed E-state index contributed by atoms with van der Waals surface area (Å²) >= 11 is 0. The van der Waals surface area contributed by atoms with E-state index in [-0.39, 0.29) is 14.5 Å². The quantitative estimate of drug-likeness (QED) is 0.878. The molecule has 141 valence electrons. The summed E-state index contributed by atoms with van der Waals surface area (Å²) in [6.07, 6.45) is 1.88. The van der Waals surface area contributed by atoms with Gasteiger partial charge in [-0.05, 0) is 37.3 Å². The number of nitrogens with zero attached hydrogens (tertiary/aromatic N) is 2. The van der Waals surface area contributed by atoms with Gasteiger partial charge in [0.25, 0.3) is 0 Å². The molecule has 1 aliphatic carbocycles. The summed E-state index contributed by atoms with van der Waals surface area (Å²) in [5.41, 5.74) is 1.03. The van der Waals surface area contributed by atoms with Crippen LogP contribution in [0.25, 0.3) is 0 Å². The van der Waals surface area contributed by atoms with Gasteiger partial charge in [0.05, 0.1) is 18.2 Å². The lowest BCUT2D eigenvalue weighted by atomic mass is 9.94. The largest absolute Gasteiger partial charge is 0.416 e. The first-order valence-corrected chi connectivity index (χ1v) is 8.24. The van der Waals surface area contributed by atoms with E-state index in [1.165, 1.54) is 23.1 Å². The van der Waals surface area contributed by atoms with Crippen LogP contribution in [-0.4, -0.2) is 29.5 Å². The SMILES string of the molecule is C[C@@H](NC(=O)CN1Cc2cc(C#N)ccc2OC1=O)C1C=C[C](F)C=C1F.[HH]. The van der Waals surface area contributed by atoms with Gasteiger partial charge >= 0.3 is 6.09 Å². The standard InChI is InChI=1S/C19H16F2N3O3.H2/c1-11(15-4-3-14(20)7-16(15)21)23-18(25)10-24-9-13-6-12(8-22)2-5-17(13)27-19(24)26;/h2-7,11,15H,9-10H2,1H3,(H,23,25);1H/t11-,15?;/m1./s1. The van der Waals surface area contributed by atoms with E-state index >= 15 is 0 Å². The van der Waals surface area contributed by atoms with Gasteiger partial charge in [0, 0.05) is 18.9 Å². The number of fused-ring (bicyclic) bond motifs is 1. The number of ether oxygens (including phenoxy) is 1. The Balaban J connectivity index is 0.00000280. The Kier molecular flexibility index (Phi) is 5.21. The van der Waals surface area contributed by atoms with E-state index in [0.29, 0.717) is 16.9 Å². The van der Waals surface area contributed by atoms with E-state index in [1.807, 2.05) is 6.07 Å². The van der Waals surface area contributed by atoms with Crippen LogP contribution in [-0.2, 0) is 11.3 Å². The van der Waals surface area contributed by atoms with Gasteiger partial charge in [0.2, 0.25) is 5.91 Å². The number of carbonyl (C=O) groups excluding carboxylic acids is 2. The lowest BCUT2D eigenvalue weighted by molar-refractivity contribution is -0.122. The molecule has 27 heavy (non-hydrogen) atoms. The molecule has 3 rings (SSSR count). The maximum atomic E-state index is 13.8. The molecular weight excluding hydrogens is 356 g/mol. The normalized spacial score (nSPS) is 20.2. The van der Waals surface area contributed by atoms with Crippen molar-refractivity contribution in [3.05, 3.63) is 59.6 Å². The topological polar surface area (TPSA) is 82.4 Å². The van der Waals surface area contributed by atoms with Gasteiger partial charge in [-0.2, -0.15) is 5.26 Å². The molecule has 2 atom stereocenters. The zero-order valence-corrected chi connectivity index (χ0v) is 14.4. The lowest BCUT2D eigenvalue weighted by Crippen LogP contribution is -2.47. The van der Waals surface area contributed by atoms with Gasteiger partial charge < -0.3 is 10.1 Å². The Hall–Kier alpha value is -3.21. The smallest absolute Gasteiger partial charge is 0.410 e. The predicted molar refractivity (Wildman–Crippen MR) is 93.5 cm³/mol. The van der Waals surface area contributed by atoms with Gasteiger partial charge in [-0.25, -0.2) is 13.6 Å². The molecule has 0 bridgehead atoms. The van der Waals surface area contributed by atoms with Crippen LogP contribution in [0.2, 0.25) is 0 Å². The van der Waals surface area contributed by atoms with E-state index in [1.54, 1.807) is 13.0 Å². The van der Waals surface area contributed by atoms with Crippen LogP contribution >= 0.6 is 0 Å². The summed E-state index contributed by atoms with van der Waals surface area (Å²) < 4.78 is 32.0. The predicted octanol–water partition coefficient (Wildman–Crippen LogP) is 3.16. The molecule has 1 N–H and O–H groups in total. The molecule has 2 amide bonds. The van der Waals surface area contributed by atoms with E-state index in [4.69, 9.17) is 10.00 Å². The van der Waals surface area contributed by atoms with Crippen molar-refractivity contribution in [2.45, 2.75) is 19.5 Å².